The molecule has 0 radical (unpaired) electrons. The quantitative estimate of drug-likeness (QED) is 0.828. The molecule has 0 unspecified atom stereocenters. The minimum absolute atomic E-state index is 0.329. The summed E-state index contributed by atoms with van der Waals surface area (Å²) in [5.74, 6) is 0.839. The van der Waals surface area contributed by atoms with Crippen molar-refractivity contribution >= 4 is 10.2 Å². The van der Waals surface area contributed by atoms with Crippen LogP contribution in [-0.2, 0) is 10.2 Å². The van der Waals surface area contributed by atoms with Crippen LogP contribution in [0.15, 0.2) is 30.3 Å². The van der Waals surface area contributed by atoms with E-state index in [1.807, 2.05) is 6.07 Å². The molecule has 0 N–H and O–H groups in total. The Balaban J connectivity index is 1.53. The third kappa shape index (κ3) is 3.25. The third-order valence-electron chi connectivity index (χ3n) is 6.22. The van der Waals surface area contributed by atoms with Crippen molar-refractivity contribution < 1.29 is 8.42 Å². The highest BCUT2D eigenvalue weighted by Crippen LogP contribution is 2.44. The first-order valence-corrected chi connectivity index (χ1v) is 11.0. The molecular formula is C19H29N3O2S. The molecule has 4 rings (SSSR count). The zero-order valence-corrected chi connectivity index (χ0v) is 15.9. The Hall–Kier alpha value is -0.950. The molecule has 0 aliphatic carbocycles. The highest BCUT2D eigenvalue weighted by Gasteiger charge is 2.49. The smallest absolute Gasteiger partial charge is 0.281 e. The SMILES string of the molecule is CN1C[C@H]2CN(S(=O)(=O)N3CCCCCC3)C[C@H]2[C@@H]1c1ccccc1. The highest BCUT2D eigenvalue weighted by atomic mass is 32.2. The van der Waals surface area contributed by atoms with Crippen molar-refractivity contribution in [3.63, 3.8) is 0 Å². The summed E-state index contributed by atoms with van der Waals surface area (Å²) in [4.78, 5) is 2.40. The maximum atomic E-state index is 13.1. The molecule has 0 bridgehead atoms. The van der Waals surface area contributed by atoms with Crippen LogP contribution in [0, 0.1) is 11.8 Å². The maximum Gasteiger partial charge on any atom is 0.281 e. The molecule has 3 aliphatic heterocycles. The zero-order chi connectivity index (χ0) is 17.4. The largest absolute Gasteiger partial charge is 0.299 e. The van der Waals surface area contributed by atoms with Crippen LogP contribution in [0.3, 0.4) is 0 Å². The second-order valence-electron chi connectivity index (χ2n) is 7.86. The Morgan fingerprint density at radius 2 is 1.56 bits per heavy atom. The minimum Gasteiger partial charge on any atom is -0.299 e. The van der Waals surface area contributed by atoms with E-state index in [9.17, 15) is 8.42 Å². The van der Waals surface area contributed by atoms with Crippen LogP contribution in [0.5, 0.6) is 0 Å². The summed E-state index contributed by atoms with van der Waals surface area (Å²) < 4.78 is 29.8. The lowest BCUT2D eigenvalue weighted by Gasteiger charge is -2.29. The maximum absolute atomic E-state index is 13.1. The van der Waals surface area contributed by atoms with Gasteiger partial charge in [0, 0.05) is 38.8 Å². The number of benzene rings is 1. The fourth-order valence-corrected chi connectivity index (χ4v) is 6.78. The van der Waals surface area contributed by atoms with Crippen LogP contribution in [0.4, 0.5) is 0 Å². The van der Waals surface area contributed by atoms with Crippen molar-refractivity contribution in [1.29, 1.82) is 0 Å². The summed E-state index contributed by atoms with van der Waals surface area (Å²) in [6.45, 7) is 3.70. The predicted molar refractivity (Wildman–Crippen MR) is 99.3 cm³/mol. The lowest BCUT2D eigenvalue weighted by molar-refractivity contribution is 0.256. The van der Waals surface area contributed by atoms with E-state index in [4.69, 9.17) is 0 Å². The normalized spacial score (nSPS) is 32.6. The minimum atomic E-state index is -3.30. The molecule has 0 aromatic heterocycles. The standard InChI is InChI=1S/C19H29N3O2S/c1-20-13-17-14-22(25(23,24)21-11-7-2-3-8-12-21)15-18(17)19(20)16-9-5-4-6-10-16/h4-6,9-10,17-19H,2-3,7-8,11-15H2,1H3/t17-,18+,19-/m0/s1. The van der Waals surface area contributed by atoms with Gasteiger partial charge in [-0.15, -0.1) is 0 Å². The summed E-state index contributed by atoms with van der Waals surface area (Å²) in [6.07, 6.45) is 4.29. The molecule has 3 saturated heterocycles. The number of hydrogen-bond acceptors (Lipinski definition) is 3. The zero-order valence-electron chi connectivity index (χ0n) is 15.0. The van der Waals surface area contributed by atoms with Gasteiger partial charge in [0.25, 0.3) is 10.2 Å². The third-order valence-corrected chi connectivity index (χ3v) is 8.19. The second-order valence-corrected chi connectivity index (χ2v) is 9.79. The number of fused-ring (bicyclic) bond motifs is 1. The van der Waals surface area contributed by atoms with Crippen LogP contribution >= 0.6 is 0 Å². The van der Waals surface area contributed by atoms with E-state index in [-0.39, 0.29) is 0 Å². The Labute approximate surface area is 151 Å². The van der Waals surface area contributed by atoms with E-state index >= 15 is 0 Å². The molecule has 0 amide bonds. The first-order chi connectivity index (χ1) is 12.1. The summed E-state index contributed by atoms with van der Waals surface area (Å²) >= 11 is 0. The number of rotatable bonds is 3. The average molecular weight is 364 g/mol. The van der Waals surface area contributed by atoms with Crippen molar-refractivity contribution in [3.8, 4) is 0 Å². The molecular weight excluding hydrogens is 334 g/mol. The second kappa shape index (κ2) is 6.99. The Bertz CT molecular complexity index is 686. The molecule has 3 fully saturated rings. The van der Waals surface area contributed by atoms with Crippen molar-refractivity contribution in [2.75, 3.05) is 39.8 Å². The van der Waals surface area contributed by atoms with Crippen molar-refractivity contribution in [2.24, 2.45) is 11.8 Å². The van der Waals surface area contributed by atoms with Crippen LogP contribution in [-0.4, -0.2) is 61.7 Å². The van der Waals surface area contributed by atoms with E-state index in [0.29, 0.717) is 44.1 Å². The Morgan fingerprint density at radius 3 is 2.24 bits per heavy atom. The van der Waals surface area contributed by atoms with E-state index < -0.39 is 10.2 Å². The van der Waals surface area contributed by atoms with Gasteiger partial charge in [0.2, 0.25) is 0 Å². The van der Waals surface area contributed by atoms with E-state index in [2.05, 4.69) is 36.2 Å². The van der Waals surface area contributed by atoms with Gasteiger partial charge in [-0.05, 0) is 37.3 Å². The van der Waals surface area contributed by atoms with Crippen LogP contribution in [0.1, 0.15) is 37.3 Å². The van der Waals surface area contributed by atoms with E-state index in [0.717, 1.165) is 32.2 Å². The Morgan fingerprint density at radius 1 is 0.880 bits per heavy atom. The van der Waals surface area contributed by atoms with Crippen molar-refractivity contribution in [1.82, 2.24) is 13.5 Å². The fraction of sp³-hybridized carbons (Fsp3) is 0.684. The number of likely N-dealkylation sites (tertiary alicyclic amines) is 1. The van der Waals surface area contributed by atoms with Gasteiger partial charge in [0.15, 0.2) is 0 Å². The first kappa shape index (κ1) is 17.5. The number of hydrogen-bond donors (Lipinski definition) is 0. The van der Waals surface area contributed by atoms with Crippen molar-refractivity contribution in [2.45, 2.75) is 31.7 Å². The molecule has 3 heterocycles. The lowest BCUT2D eigenvalue weighted by Crippen LogP contribution is -2.44. The van der Waals surface area contributed by atoms with Gasteiger partial charge in [0.05, 0.1) is 0 Å². The summed E-state index contributed by atoms with van der Waals surface area (Å²) in [5.41, 5.74) is 1.31. The molecule has 5 nitrogen and oxygen atoms in total. The van der Waals surface area contributed by atoms with Crippen LogP contribution in [0.25, 0.3) is 0 Å². The molecule has 3 atom stereocenters. The Kier molecular flexibility index (Phi) is 4.88. The summed E-state index contributed by atoms with van der Waals surface area (Å²) in [6, 6.07) is 10.9. The van der Waals surface area contributed by atoms with Gasteiger partial charge in [-0.2, -0.15) is 17.0 Å². The molecule has 1 aromatic rings. The van der Waals surface area contributed by atoms with E-state index in [1.54, 1.807) is 8.61 Å². The highest BCUT2D eigenvalue weighted by molar-refractivity contribution is 7.86. The van der Waals surface area contributed by atoms with Gasteiger partial charge in [-0.25, -0.2) is 0 Å². The molecule has 0 spiro atoms. The van der Waals surface area contributed by atoms with Gasteiger partial charge < -0.3 is 0 Å². The summed E-state index contributed by atoms with van der Waals surface area (Å²) in [5, 5.41) is 0. The predicted octanol–water partition coefficient (Wildman–Crippen LogP) is 2.34. The first-order valence-electron chi connectivity index (χ1n) is 9.58. The molecule has 0 saturated carbocycles. The van der Waals surface area contributed by atoms with Gasteiger partial charge in [-0.1, -0.05) is 43.2 Å². The monoisotopic (exact) mass is 363 g/mol. The van der Waals surface area contributed by atoms with Gasteiger partial charge >= 0.3 is 0 Å². The summed E-state index contributed by atoms with van der Waals surface area (Å²) in [7, 11) is -1.13. The van der Waals surface area contributed by atoms with Crippen LogP contribution in [0.2, 0.25) is 0 Å². The lowest BCUT2D eigenvalue weighted by atomic mass is 9.90. The molecule has 1 aromatic carbocycles. The number of nitrogens with zero attached hydrogens (tertiary/aromatic N) is 3. The molecule has 138 valence electrons. The molecule has 3 aliphatic rings. The van der Waals surface area contributed by atoms with Gasteiger partial charge in [0.1, 0.15) is 0 Å². The van der Waals surface area contributed by atoms with E-state index in [1.165, 1.54) is 5.56 Å². The van der Waals surface area contributed by atoms with Crippen molar-refractivity contribution in [3.05, 3.63) is 35.9 Å². The molecule has 6 heteroatoms. The molecule has 25 heavy (non-hydrogen) atoms. The topological polar surface area (TPSA) is 43.9 Å². The van der Waals surface area contributed by atoms with Crippen LogP contribution < -0.4 is 0 Å². The fourth-order valence-electron chi connectivity index (χ4n) is 4.99. The average Bonchev–Trinajstić information content (AvgIpc) is 3.00. The van der Waals surface area contributed by atoms with Gasteiger partial charge in [-0.3, -0.25) is 4.90 Å².